The lowest BCUT2D eigenvalue weighted by molar-refractivity contribution is -0.145. The Hall–Kier alpha value is -0.930. The van der Waals surface area contributed by atoms with Gasteiger partial charge in [-0.3, -0.25) is 0 Å². The number of ether oxygens (including phenoxy) is 1. The molecule has 0 radical (unpaired) electrons. The van der Waals surface area contributed by atoms with E-state index in [1.165, 1.54) is 6.07 Å². The van der Waals surface area contributed by atoms with Crippen LogP contribution in [0.1, 0.15) is 13.3 Å². The molecular weight excluding hydrogens is 239 g/mol. The Morgan fingerprint density at radius 3 is 2.73 bits per heavy atom. The summed E-state index contributed by atoms with van der Waals surface area (Å²) in [6.45, 7) is 1.72. The van der Waals surface area contributed by atoms with Gasteiger partial charge in [-0.15, -0.1) is 0 Å². The highest BCUT2D eigenvalue weighted by atomic mass is 35.5. The van der Waals surface area contributed by atoms with Gasteiger partial charge >= 0.3 is 5.97 Å². The average Bonchev–Trinajstić information content (AvgIpc) is 2.18. The molecule has 1 rings (SSSR count). The van der Waals surface area contributed by atoms with Crippen LogP contribution in [0, 0.1) is 0 Å². The van der Waals surface area contributed by atoms with Crippen molar-refractivity contribution in [2.45, 2.75) is 19.4 Å². The molecule has 0 heterocycles. The Kier molecular flexibility index (Phi) is 4.24. The third kappa shape index (κ3) is 3.29. The Morgan fingerprint density at radius 1 is 1.53 bits per heavy atom. The Morgan fingerprint density at radius 2 is 2.20 bits per heavy atom. The lowest BCUT2D eigenvalue weighted by Gasteiger charge is -2.14. The van der Waals surface area contributed by atoms with E-state index < -0.39 is 12.1 Å². The van der Waals surface area contributed by atoms with Crippen LogP contribution < -0.4 is 4.74 Å². The van der Waals surface area contributed by atoms with Crippen molar-refractivity contribution in [3.8, 4) is 5.75 Å². The zero-order valence-corrected chi connectivity index (χ0v) is 9.55. The fourth-order valence-corrected chi connectivity index (χ4v) is 1.35. The molecular formula is C10H10Cl2O3. The molecule has 3 nitrogen and oxygen atoms in total. The van der Waals surface area contributed by atoms with E-state index in [-0.39, 0.29) is 0 Å². The molecule has 0 aliphatic rings. The Balaban J connectivity index is 2.87. The van der Waals surface area contributed by atoms with Gasteiger partial charge in [0.25, 0.3) is 0 Å². The van der Waals surface area contributed by atoms with E-state index in [9.17, 15) is 4.79 Å². The van der Waals surface area contributed by atoms with Crippen LogP contribution in [0.25, 0.3) is 0 Å². The molecule has 0 spiro atoms. The summed E-state index contributed by atoms with van der Waals surface area (Å²) in [6, 6.07) is 4.67. The van der Waals surface area contributed by atoms with Gasteiger partial charge in [0.1, 0.15) is 5.75 Å². The van der Waals surface area contributed by atoms with E-state index in [1.54, 1.807) is 19.1 Å². The molecule has 1 N–H and O–H groups in total. The molecule has 0 amide bonds. The summed E-state index contributed by atoms with van der Waals surface area (Å²) in [7, 11) is 0. The maximum atomic E-state index is 10.7. The average molecular weight is 249 g/mol. The van der Waals surface area contributed by atoms with E-state index in [0.29, 0.717) is 22.2 Å². The highest BCUT2D eigenvalue weighted by molar-refractivity contribution is 6.34. The Labute approximate surface area is 97.6 Å². The van der Waals surface area contributed by atoms with E-state index in [0.717, 1.165) is 0 Å². The molecule has 1 atom stereocenters. The summed E-state index contributed by atoms with van der Waals surface area (Å²) in [5.41, 5.74) is 0. The molecule has 0 aliphatic heterocycles. The van der Waals surface area contributed by atoms with Crippen LogP contribution in [0.3, 0.4) is 0 Å². The van der Waals surface area contributed by atoms with Crippen molar-refractivity contribution < 1.29 is 14.6 Å². The van der Waals surface area contributed by atoms with E-state index >= 15 is 0 Å². The molecule has 1 aromatic carbocycles. The second-order valence-electron chi connectivity index (χ2n) is 2.93. The molecule has 0 aromatic heterocycles. The monoisotopic (exact) mass is 248 g/mol. The molecule has 0 saturated carbocycles. The van der Waals surface area contributed by atoms with Crippen LogP contribution in [0.5, 0.6) is 5.75 Å². The number of carboxylic acids is 1. The van der Waals surface area contributed by atoms with Gasteiger partial charge in [-0.05, 0) is 18.6 Å². The van der Waals surface area contributed by atoms with Crippen LogP contribution >= 0.6 is 23.2 Å². The fourth-order valence-electron chi connectivity index (χ4n) is 1.03. The summed E-state index contributed by atoms with van der Waals surface area (Å²) >= 11 is 11.6. The second-order valence-corrected chi connectivity index (χ2v) is 3.77. The number of hydrogen-bond acceptors (Lipinski definition) is 2. The standard InChI is InChI=1S/C10H10Cl2O3/c1-2-8(10(13)14)15-9-5-6(11)3-4-7(9)12/h3-5,8H,2H2,1H3,(H,13,14)/t8-/m1/s1. The zero-order chi connectivity index (χ0) is 11.4. The van der Waals surface area contributed by atoms with Crippen molar-refractivity contribution in [1.29, 1.82) is 0 Å². The molecule has 0 saturated heterocycles. The minimum Gasteiger partial charge on any atom is -0.479 e. The molecule has 0 unspecified atom stereocenters. The summed E-state index contributed by atoms with van der Waals surface area (Å²) in [5.74, 6) is -0.730. The number of rotatable bonds is 4. The summed E-state index contributed by atoms with van der Waals surface area (Å²) < 4.78 is 5.22. The van der Waals surface area contributed by atoms with Crippen molar-refractivity contribution in [2.75, 3.05) is 0 Å². The maximum Gasteiger partial charge on any atom is 0.344 e. The first-order chi connectivity index (χ1) is 7.04. The quantitative estimate of drug-likeness (QED) is 0.890. The first-order valence-corrected chi connectivity index (χ1v) is 5.14. The van der Waals surface area contributed by atoms with Crippen molar-refractivity contribution in [1.82, 2.24) is 0 Å². The molecule has 0 bridgehead atoms. The summed E-state index contributed by atoms with van der Waals surface area (Å²) in [5, 5.41) is 9.59. The SMILES string of the molecule is CC[C@@H](Oc1cc(Cl)ccc1Cl)C(=O)O. The van der Waals surface area contributed by atoms with E-state index in [4.69, 9.17) is 33.0 Å². The van der Waals surface area contributed by atoms with Gasteiger partial charge in [-0.1, -0.05) is 30.1 Å². The Bertz CT molecular complexity index is 366. The van der Waals surface area contributed by atoms with Gasteiger partial charge in [0.2, 0.25) is 0 Å². The predicted molar refractivity (Wildman–Crippen MR) is 58.8 cm³/mol. The number of carboxylic acid groups (broad SMARTS) is 1. The first-order valence-electron chi connectivity index (χ1n) is 4.39. The van der Waals surface area contributed by atoms with Crippen molar-refractivity contribution in [3.63, 3.8) is 0 Å². The predicted octanol–water partition coefficient (Wildman–Crippen LogP) is 3.24. The smallest absolute Gasteiger partial charge is 0.344 e. The number of halogens is 2. The first kappa shape index (κ1) is 12.1. The lowest BCUT2D eigenvalue weighted by Crippen LogP contribution is -2.26. The molecule has 0 aliphatic carbocycles. The van der Waals surface area contributed by atoms with Gasteiger partial charge in [0.05, 0.1) is 5.02 Å². The minimum atomic E-state index is -1.02. The van der Waals surface area contributed by atoms with Crippen LogP contribution in [0.4, 0.5) is 0 Å². The zero-order valence-electron chi connectivity index (χ0n) is 8.04. The van der Waals surface area contributed by atoms with Crippen LogP contribution in [-0.4, -0.2) is 17.2 Å². The van der Waals surface area contributed by atoms with Gasteiger partial charge in [-0.25, -0.2) is 4.79 Å². The van der Waals surface area contributed by atoms with Crippen molar-refractivity contribution in [3.05, 3.63) is 28.2 Å². The highest BCUT2D eigenvalue weighted by Crippen LogP contribution is 2.28. The van der Waals surface area contributed by atoms with Gasteiger partial charge < -0.3 is 9.84 Å². The van der Waals surface area contributed by atoms with Crippen molar-refractivity contribution >= 4 is 29.2 Å². The van der Waals surface area contributed by atoms with E-state index in [1.807, 2.05) is 0 Å². The molecule has 15 heavy (non-hydrogen) atoms. The van der Waals surface area contributed by atoms with Crippen LogP contribution in [0.15, 0.2) is 18.2 Å². The fraction of sp³-hybridized carbons (Fsp3) is 0.300. The van der Waals surface area contributed by atoms with Gasteiger partial charge in [0, 0.05) is 11.1 Å². The van der Waals surface area contributed by atoms with Gasteiger partial charge in [-0.2, -0.15) is 0 Å². The topological polar surface area (TPSA) is 46.5 Å². The lowest BCUT2D eigenvalue weighted by atomic mass is 10.2. The van der Waals surface area contributed by atoms with Crippen molar-refractivity contribution in [2.24, 2.45) is 0 Å². The minimum absolute atomic E-state index is 0.290. The van der Waals surface area contributed by atoms with E-state index in [2.05, 4.69) is 0 Å². The summed E-state index contributed by atoms with van der Waals surface area (Å²) in [6.07, 6.45) is -0.543. The maximum absolute atomic E-state index is 10.7. The number of benzene rings is 1. The largest absolute Gasteiger partial charge is 0.479 e. The second kappa shape index (κ2) is 5.24. The molecule has 82 valence electrons. The number of carbonyl (C=O) groups is 1. The third-order valence-electron chi connectivity index (χ3n) is 1.81. The normalized spacial score (nSPS) is 12.2. The van der Waals surface area contributed by atoms with Crippen LogP contribution in [0.2, 0.25) is 10.0 Å². The van der Waals surface area contributed by atoms with Gasteiger partial charge in [0.15, 0.2) is 6.10 Å². The molecule has 0 fully saturated rings. The summed E-state index contributed by atoms with van der Waals surface area (Å²) in [4.78, 5) is 10.7. The number of aliphatic carboxylic acids is 1. The third-order valence-corrected chi connectivity index (χ3v) is 2.36. The number of hydrogen-bond donors (Lipinski definition) is 1. The highest BCUT2D eigenvalue weighted by Gasteiger charge is 2.18. The molecule has 5 heteroatoms. The van der Waals surface area contributed by atoms with Crippen LogP contribution in [-0.2, 0) is 4.79 Å². The molecule has 1 aromatic rings.